The second-order valence-corrected chi connectivity index (χ2v) is 4.54. The number of carbonyl (C=O) groups excluding carboxylic acids is 1. The van der Waals surface area contributed by atoms with Gasteiger partial charge in [-0.3, -0.25) is 4.79 Å². The Morgan fingerprint density at radius 1 is 1.50 bits per heavy atom. The van der Waals surface area contributed by atoms with E-state index in [0.717, 1.165) is 12.1 Å². The summed E-state index contributed by atoms with van der Waals surface area (Å²) in [6.45, 7) is 5.37. The van der Waals surface area contributed by atoms with Gasteiger partial charge in [0.1, 0.15) is 0 Å². The number of benzene rings is 1. The molecule has 0 bridgehead atoms. The lowest BCUT2D eigenvalue weighted by atomic mass is 10.2. The van der Waals surface area contributed by atoms with Crippen LogP contribution < -0.4 is 15.8 Å². The molecule has 0 aliphatic heterocycles. The number of nitrogens with two attached hydrogens (primary N) is 1. The third-order valence-corrected chi connectivity index (χ3v) is 2.25. The maximum absolute atomic E-state index is 13.6. The van der Waals surface area contributed by atoms with E-state index in [1.165, 1.54) is 12.1 Å². The van der Waals surface area contributed by atoms with Crippen LogP contribution in [0.2, 0.25) is 0 Å². The van der Waals surface area contributed by atoms with Crippen molar-refractivity contribution in [1.82, 2.24) is 5.32 Å². The second kappa shape index (κ2) is 6.96. The fraction of sp³-hybridized carbons (Fsp3) is 0.462. The molecule has 0 radical (unpaired) electrons. The van der Waals surface area contributed by atoms with Crippen LogP contribution in [0.25, 0.3) is 0 Å². The SMILES string of the molecule is CC(C)CNCc1ccc(OCC(N)=O)c(F)c1. The molecule has 0 heterocycles. The van der Waals surface area contributed by atoms with Crippen molar-refractivity contribution < 1.29 is 13.9 Å². The summed E-state index contributed by atoms with van der Waals surface area (Å²) >= 11 is 0. The van der Waals surface area contributed by atoms with E-state index in [4.69, 9.17) is 10.5 Å². The van der Waals surface area contributed by atoms with E-state index in [1.54, 1.807) is 6.07 Å². The second-order valence-electron chi connectivity index (χ2n) is 4.54. The zero-order valence-corrected chi connectivity index (χ0v) is 10.7. The van der Waals surface area contributed by atoms with E-state index < -0.39 is 11.7 Å². The number of rotatable bonds is 7. The van der Waals surface area contributed by atoms with Crippen molar-refractivity contribution in [1.29, 1.82) is 0 Å². The molecule has 5 heteroatoms. The molecule has 18 heavy (non-hydrogen) atoms. The van der Waals surface area contributed by atoms with Crippen LogP contribution in [-0.2, 0) is 11.3 Å². The molecule has 0 saturated heterocycles. The van der Waals surface area contributed by atoms with E-state index in [-0.39, 0.29) is 12.4 Å². The average molecular weight is 254 g/mol. The van der Waals surface area contributed by atoms with Crippen molar-refractivity contribution in [2.45, 2.75) is 20.4 Å². The molecule has 0 unspecified atom stereocenters. The van der Waals surface area contributed by atoms with Gasteiger partial charge < -0.3 is 15.8 Å². The van der Waals surface area contributed by atoms with E-state index in [0.29, 0.717) is 12.5 Å². The summed E-state index contributed by atoms with van der Waals surface area (Å²) in [5.74, 6) is -0.522. The fourth-order valence-corrected chi connectivity index (χ4v) is 1.43. The molecule has 0 aliphatic carbocycles. The van der Waals surface area contributed by atoms with Gasteiger partial charge in [0.15, 0.2) is 18.2 Å². The average Bonchev–Trinajstić information content (AvgIpc) is 2.27. The zero-order valence-electron chi connectivity index (χ0n) is 10.7. The lowest BCUT2D eigenvalue weighted by Crippen LogP contribution is -2.20. The largest absolute Gasteiger partial charge is 0.481 e. The van der Waals surface area contributed by atoms with Crippen molar-refractivity contribution in [3.05, 3.63) is 29.6 Å². The van der Waals surface area contributed by atoms with Crippen LogP contribution in [0.1, 0.15) is 19.4 Å². The Hall–Kier alpha value is -1.62. The first-order chi connectivity index (χ1) is 8.49. The van der Waals surface area contributed by atoms with Crippen molar-refractivity contribution >= 4 is 5.91 Å². The highest BCUT2D eigenvalue weighted by atomic mass is 19.1. The van der Waals surface area contributed by atoms with Crippen LogP contribution in [0.5, 0.6) is 5.75 Å². The molecular formula is C13H19FN2O2. The Kier molecular flexibility index (Phi) is 5.58. The Morgan fingerprint density at radius 2 is 2.22 bits per heavy atom. The van der Waals surface area contributed by atoms with Gasteiger partial charge in [-0.05, 0) is 30.2 Å². The predicted octanol–water partition coefficient (Wildman–Crippen LogP) is 1.44. The highest BCUT2D eigenvalue weighted by molar-refractivity contribution is 5.75. The molecule has 4 nitrogen and oxygen atoms in total. The van der Waals surface area contributed by atoms with Gasteiger partial charge in [0.2, 0.25) is 0 Å². The summed E-state index contributed by atoms with van der Waals surface area (Å²) in [4.78, 5) is 10.5. The zero-order chi connectivity index (χ0) is 13.5. The molecular weight excluding hydrogens is 235 g/mol. The Balaban J connectivity index is 2.53. The van der Waals surface area contributed by atoms with Crippen molar-refractivity contribution in [3.63, 3.8) is 0 Å². The molecule has 1 rings (SSSR count). The number of ether oxygens (including phenoxy) is 1. The van der Waals surface area contributed by atoms with Gasteiger partial charge in [-0.1, -0.05) is 19.9 Å². The maximum Gasteiger partial charge on any atom is 0.255 e. The van der Waals surface area contributed by atoms with E-state index in [2.05, 4.69) is 19.2 Å². The first-order valence-electron chi connectivity index (χ1n) is 5.89. The van der Waals surface area contributed by atoms with Gasteiger partial charge in [0.25, 0.3) is 5.91 Å². The van der Waals surface area contributed by atoms with Crippen molar-refractivity contribution in [3.8, 4) is 5.75 Å². The minimum Gasteiger partial charge on any atom is -0.481 e. The predicted molar refractivity (Wildman–Crippen MR) is 67.6 cm³/mol. The normalized spacial score (nSPS) is 10.7. The Morgan fingerprint density at radius 3 is 2.78 bits per heavy atom. The van der Waals surface area contributed by atoms with Crippen LogP contribution in [0.15, 0.2) is 18.2 Å². The lowest BCUT2D eigenvalue weighted by molar-refractivity contribution is -0.120. The molecule has 3 N–H and O–H groups in total. The van der Waals surface area contributed by atoms with E-state index in [9.17, 15) is 9.18 Å². The minimum atomic E-state index is -0.628. The summed E-state index contributed by atoms with van der Waals surface area (Å²) < 4.78 is 18.5. The Labute approximate surface area is 106 Å². The van der Waals surface area contributed by atoms with Gasteiger partial charge in [-0.25, -0.2) is 4.39 Å². The molecule has 1 aromatic rings. The highest BCUT2D eigenvalue weighted by Crippen LogP contribution is 2.18. The molecule has 1 amide bonds. The lowest BCUT2D eigenvalue weighted by Gasteiger charge is -2.09. The smallest absolute Gasteiger partial charge is 0.255 e. The van der Waals surface area contributed by atoms with Crippen LogP contribution in [0.4, 0.5) is 4.39 Å². The van der Waals surface area contributed by atoms with Crippen molar-refractivity contribution in [2.24, 2.45) is 11.7 Å². The summed E-state index contributed by atoms with van der Waals surface area (Å²) in [6, 6.07) is 4.65. The van der Waals surface area contributed by atoms with Crippen molar-refractivity contribution in [2.75, 3.05) is 13.2 Å². The van der Waals surface area contributed by atoms with Gasteiger partial charge >= 0.3 is 0 Å². The number of carbonyl (C=O) groups is 1. The third kappa shape index (κ3) is 5.14. The molecule has 100 valence electrons. The number of nitrogens with one attached hydrogen (secondary N) is 1. The number of halogens is 1. The molecule has 0 aromatic heterocycles. The summed E-state index contributed by atoms with van der Waals surface area (Å²) in [7, 11) is 0. The van der Waals surface area contributed by atoms with Crippen LogP contribution in [0, 0.1) is 11.7 Å². The minimum absolute atomic E-state index is 0.0430. The Bertz CT molecular complexity index is 408. The molecule has 0 spiro atoms. The topological polar surface area (TPSA) is 64.3 Å². The highest BCUT2D eigenvalue weighted by Gasteiger charge is 2.06. The number of hydrogen-bond acceptors (Lipinski definition) is 3. The first-order valence-corrected chi connectivity index (χ1v) is 5.89. The quantitative estimate of drug-likeness (QED) is 0.773. The standard InChI is InChI=1S/C13H19FN2O2/c1-9(2)6-16-7-10-3-4-12(11(14)5-10)18-8-13(15)17/h3-5,9,16H,6-8H2,1-2H3,(H2,15,17). The monoisotopic (exact) mass is 254 g/mol. The number of hydrogen-bond donors (Lipinski definition) is 2. The maximum atomic E-state index is 13.6. The van der Waals surface area contributed by atoms with Gasteiger partial charge in [-0.15, -0.1) is 0 Å². The number of amides is 1. The van der Waals surface area contributed by atoms with Crippen LogP contribution >= 0.6 is 0 Å². The van der Waals surface area contributed by atoms with Crippen LogP contribution in [0.3, 0.4) is 0 Å². The molecule has 0 saturated carbocycles. The van der Waals surface area contributed by atoms with Gasteiger partial charge in [0, 0.05) is 6.54 Å². The molecule has 0 atom stereocenters. The summed E-state index contributed by atoms with van der Waals surface area (Å²) in [5.41, 5.74) is 5.75. The number of primary amides is 1. The van der Waals surface area contributed by atoms with E-state index in [1.807, 2.05) is 0 Å². The first kappa shape index (κ1) is 14.4. The molecule has 0 fully saturated rings. The van der Waals surface area contributed by atoms with Crippen LogP contribution in [-0.4, -0.2) is 19.1 Å². The summed E-state index contributed by atoms with van der Waals surface area (Å²) in [5, 5.41) is 3.22. The van der Waals surface area contributed by atoms with E-state index >= 15 is 0 Å². The van der Waals surface area contributed by atoms with Gasteiger partial charge in [-0.2, -0.15) is 0 Å². The fourth-order valence-electron chi connectivity index (χ4n) is 1.43. The third-order valence-electron chi connectivity index (χ3n) is 2.25. The van der Waals surface area contributed by atoms with Gasteiger partial charge in [0.05, 0.1) is 0 Å². The molecule has 0 aliphatic rings. The molecule has 1 aromatic carbocycles. The summed E-state index contributed by atoms with van der Waals surface area (Å²) in [6.07, 6.45) is 0.